The zero-order valence-electron chi connectivity index (χ0n) is 18.3. The molecule has 1 N–H and O–H groups in total. The molecule has 3 aromatic carbocycles. The van der Waals surface area contributed by atoms with Crippen LogP contribution in [0.1, 0.15) is 29.5 Å². The molecule has 160 valence electrons. The summed E-state index contributed by atoms with van der Waals surface area (Å²) < 4.78 is 0. The Labute approximate surface area is 186 Å². The minimum atomic E-state index is -0.292. The lowest BCUT2D eigenvalue weighted by molar-refractivity contribution is -0.0773. The second-order valence-electron chi connectivity index (χ2n) is 8.64. The quantitative estimate of drug-likeness (QED) is 0.390. The van der Waals surface area contributed by atoms with E-state index in [1.807, 2.05) is 0 Å². The maximum atomic E-state index is 10.4. The molecule has 0 radical (unpaired) electrons. The number of hydrogen-bond donors (Lipinski definition) is 1. The summed E-state index contributed by atoms with van der Waals surface area (Å²) in [6, 6.07) is 32.0. The van der Waals surface area contributed by atoms with Gasteiger partial charge in [0, 0.05) is 38.6 Å². The number of likely N-dealkylation sites (N-methyl/N-ethyl adjacent to an activating group) is 1. The smallest absolute Gasteiger partial charge is 0.0389 e. The lowest BCUT2D eigenvalue weighted by Crippen LogP contribution is -2.40. The fourth-order valence-corrected chi connectivity index (χ4v) is 4.80. The minimum absolute atomic E-state index is 0.292. The monoisotopic (exact) mass is 412 g/mol. The molecule has 3 heteroatoms. The standard InChI is InChI=1S/C28H32N2O/c1-29(31)23-28(26-13-7-3-8-14-26,27-15-9-4-10-16-27)21-24-17-19-30(20-18-24)22-25-11-5-2-6-12-25/h2-17,31H,18-23H2,1H3. The topological polar surface area (TPSA) is 26.7 Å². The highest BCUT2D eigenvalue weighted by atomic mass is 16.5. The highest BCUT2D eigenvalue weighted by Crippen LogP contribution is 2.40. The van der Waals surface area contributed by atoms with Crippen molar-refractivity contribution in [1.82, 2.24) is 9.96 Å². The Hall–Kier alpha value is -2.72. The van der Waals surface area contributed by atoms with Crippen LogP contribution in [0.15, 0.2) is 103 Å². The van der Waals surface area contributed by atoms with Crippen molar-refractivity contribution < 1.29 is 5.21 Å². The number of hydrogen-bond acceptors (Lipinski definition) is 3. The van der Waals surface area contributed by atoms with Crippen molar-refractivity contribution in [2.75, 3.05) is 26.7 Å². The van der Waals surface area contributed by atoms with Crippen molar-refractivity contribution in [3.8, 4) is 0 Å². The molecule has 0 saturated carbocycles. The van der Waals surface area contributed by atoms with Gasteiger partial charge in [0.2, 0.25) is 0 Å². The normalized spacial score (nSPS) is 15.1. The Balaban J connectivity index is 1.61. The maximum absolute atomic E-state index is 10.4. The second-order valence-corrected chi connectivity index (χ2v) is 8.64. The molecule has 31 heavy (non-hydrogen) atoms. The number of nitrogens with zero attached hydrogens (tertiary/aromatic N) is 2. The summed E-state index contributed by atoms with van der Waals surface area (Å²) >= 11 is 0. The van der Waals surface area contributed by atoms with Crippen molar-refractivity contribution in [3.05, 3.63) is 119 Å². The highest BCUT2D eigenvalue weighted by Gasteiger charge is 2.36. The molecule has 0 spiro atoms. The zero-order valence-corrected chi connectivity index (χ0v) is 18.3. The molecular formula is C28H32N2O. The number of rotatable bonds is 8. The lowest BCUT2D eigenvalue weighted by atomic mass is 9.69. The maximum Gasteiger partial charge on any atom is 0.0389 e. The first-order valence-corrected chi connectivity index (χ1v) is 11.1. The average Bonchev–Trinajstić information content (AvgIpc) is 2.81. The van der Waals surface area contributed by atoms with E-state index in [-0.39, 0.29) is 5.41 Å². The van der Waals surface area contributed by atoms with E-state index < -0.39 is 0 Å². The van der Waals surface area contributed by atoms with E-state index in [0.717, 1.165) is 32.5 Å². The zero-order chi connectivity index (χ0) is 21.5. The summed E-state index contributed by atoms with van der Waals surface area (Å²) in [7, 11) is 1.75. The van der Waals surface area contributed by atoms with E-state index in [4.69, 9.17) is 0 Å². The van der Waals surface area contributed by atoms with Gasteiger partial charge in [-0.15, -0.1) is 0 Å². The summed E-state index contributed by atoms with van der Waals surface area (Å²) in [6.45, 7) is 3.58. The van der Waals surface area contributed by atoms with Gasteiger partial charge in [0.05, 0.1) is 0 Å². The van der Waals surface area contributed by atoms with Gasteiger partial charge in [-0.2, -0.15) is 5.06 Å². The summed E-state index contributed by atoms with van der Waals surface area (Å²) in [5, 5.41) is 11.7. The summed E-state index contributed by atoms with van der Waals surface area (Å²) in [5.74, 6) is 0. The van der Waals surface area contributed by atoms with Gasteiger partial charge in [0.25, 0.3) is 0 Å². The summed E-state index contributed by atoms with van der Waals surface area (Å²) in [6.07, 6.45) is 4.37. The SMILES string of the molecule is CN(O)CC(CC1=CCN(Cc2ccccc2)CC1)(c1ccccc1)c1ccccc1. The van der Waals surface area contributed by atoms with E-state index >= 15 is 0 Å². The van der Waals surface area contributed by atoms with Crippen LogP contribution in [0.4, 0.5) is 0 Å². The molecule has 0 fully saturated rings. The lowest BCUT2D eigenvalue weighted by Gasteiger charge is -2.39. The fourth-order valence-electron chi connectivity index (χ4n) is 4.80. The first kappa shape index (κ1) is 21.5. The summed E-state index contributed by atoms with van der Waals surface area (Å²) in [4.78, 5) is 2.50. The van der Waals surface area contributed by atoms with Crippen LogP contribution in [0, 0.1) is 0 Å². The summed E-state index contributed by atoms with van der Waals surface area (Å²) in [5.41, 5.74) is 5.03. The van der Waals surface area contributed by atoms with Crippen LogP contribution in [0.3, 0.4) is 0 Å². The molecule has 0 aliphatic carbocycles. The number of benzene rings is 3. The van der Waals surface area contributed by atoms with Crippen molar-refractivity contribution in [3.63, 3.8) is 0 Å². The molecule has 0 atom stereocenters. The third-order valence-corrected chi connectivity index (χ3v) is 6.32. The minimum Gasteiger partial charge on any atom is -0.314 e. The molecule has 0 aromatic heterocycles. The van der Waals surface area contributed by atoms with Crippen molar-refractivity contribution >= 4 is 0 Å². The van der Waals surface area contributed by atoms with Crippen LogP contribution in [0.25, 0.3) is 0 Å². The van der Waals surface area contributed by atoms with Gasteiger partial charge >= 0.3 is 0 Å². The predicted molar refractivity (Wildman–Crippen MR) is 127 cm³/mol. The Morgan fingerprint density at radius 1 is 0.839 bits per heavy atom. The highest BCUT2D eigenvalue weighted by molar-refractivity contribution is 5.42. The van der Waals surface area contributed by atoms with Crippen LogP contribution >= 0.6 is 0 Å². The van der Waals surface area contributed by atoms with Crippen LogP contribution in [-0.4, -0.2) is 41.9 Å². The van der Waals surface area contributed by atoms with Crippen LogP contribution in [-0.2, 0) is 12.0 Å². The van der Waals surface area contributed by atoms with Gasteiger partial charge in [0.15, 0.2) is 0 Å². The van der Waals surface area contributed by atoms with Gasteiger partial charge in [-0.3, -0.25) is 4.90 Å². The fraction of sp³-hybridized carbons (Fsp3) is 0.286. The Morgan fingerprint density at radius 3 is 1.87 bits per heavy atom. The molecule has 1 aliphatic rings. The van der Waals surface area contributed by atoms with Gasteiger partial charge in [-0.05, 0) is 29.5 Å². The van der Waals surface area contributed by atoms with E-state index in [2.05, 4.69) is 102 Å². The van der Waals surface area contributed by atoms with Gasteiger partial charge in [-0.25, -0.2) is 0 Å². The van der Waals surface area contributed by atoms with E-state index in [1.165, 1.54) is 27.3 Å². The van der Waals surface area contributed by atoms with Gasteiger partial charge < -0.3 is 5.21 Å². The van der Waals surface area contributed by atoms with Crippen molar-refractivity contribution in [1.29, 1.82) is 0 Å². The van der Waals surface area contributed by atoms with Crippen LogP contribution < -0.4 is 0 Å². The third-order valence-electron chi connectivity index (χ3n) is 6.32. The molecule has 1 heterocycles. The molecule has 3 aromatic rings. The average molecular weight is 413 g/mol. The Kier molecular flexibility index (Phi) is 6.98. The van der Waals surface area contributed by atoms with Gasteiger partial charge in [0.1, 0.15) is 0 Å². The molecule has 3 nitrogen and oxygen atoms in total. The number of hydroxylamine groups is 2. The van der Waals surface area contributed by atoms with Crippen molar-refractivity contribution in [2.24, 2.45) is 0 Å². The van der Waals surface area contributed by atoms with Crippen LogP contribution in [0.2, 0.25) is 0 Å². The predicted octanol–water partition coefficient (Wildman–Crippen LogP) is 5.52. The van der Waals surface area contributed by atoms with Gasteiger partial charge in [-0.1, -0.05) is 103 Å². The first-order valence-electron chi connectivity index (χ1n) is 11.1. The molecule has 0 unspecified atom stereocenters. The van der Waals surface area contributed by atoms with E-state index in [0.29, 0.717) is 6.54 Å². The third kappa shape index (κ3) is 5.31. The molecule has 1 aliphatic heterocycles. The first-order chi connectivity index (χ1) is 15.2. The van der Waals surface area contributed by atoms with Crippen molar-refractivity contribution in [2.45, 2.75) is 24.8 Å². The molecule has 0 saturated heterocycles. The molecule has 0 bridgehead atoms. The van der Waals surface area contributed by atoms with E-state index in [9.17, 15) is 5.21 Å². The molecular weight excluding hydrogens is 380 g/mol. The largest absolute Gasteiger partial charge is 0.314 e. The second kappa shape index (κ2) is 10.1. The van der Waals surface area contributed by atoms with Crippen LogP contribution in [0.5, 0.6) is 0 Å². The molecule has 4 rings (SSSR count). The van der Waals surface area contributed by atoms with E-state index in [1.54, 1.807) is 7.05 Å². The Bertz CT molecular complexity index is 928. The Morgan fingerprint density at radius 2 is 1.39 bits per heavy atom. The molecule has 0 amide bonds.